The number of carbonyl (C=O) groups is 1. The Kier molecular flexibility index (Phi) is 6.34. The molecule has 0 saturated carbocycles. The Labute approximate surface area is 179 Å². The molecule has 0 fully saturated rings. The van der Waals surface area contributed by atoms with Gasteiger partial charge in [0, 0.05) is 10.6 Å². The van der Waals surface area contributed by atoms with E-state index in [1.54, 1.807) is 25.1 Å². The number of nitrogen functional groups attached to an aromatic ring is 1. The fraction of sp³-hybridized carbons (Fsp3) is 0.118. The molecule has 3 N–H and O–H groups in total. The second-order valence-corrected chi connectivity index (χ2v) is 8.23. The summed E-state index contributed by atoms with van der Waals surface area (Å²) in [5, 5.41) is 11.4. The van der Waals surface area contributed by atoms with Crippen LogP contribution in [-0.4, -0.2) is 26.0 Å². The van der Waals surface area contributed by atoms with Crippen LogP contribution in [0.2, 0.25) is 15.1 Å². The molecule has 0 spiro atoms. The number of halogens is 4. The van der Waals surface area contributed by atoms with Crippen molar-refractivity contribution in [3.8, 4) is 11.4 Å². The first-order chi connectivity index (χ1) is 13.3. The lowest BCUT2D eigenvalue weighted by Gasteiger charge is -2.12. The van der Waals surface area contributed by atoms with Gasteiger partial charge in [-0.25, -0.2) is 9.07 Å². The Bertz CT molecular complexity index is 1050. The van der Waals surface area contributed by atoms with E-state index < -0.39 is 11.1 Å². The minimum absolute atomic E-state index is 0.102. The second-order valence-electron chi connectivity index (χ2n) is 5.67. The van der Waals surface area contributed by atoms with Crippen molar-refractivity contribution in [2.45, 2.75) is 17.3 Å². The van der Waals surface area contributed by atoms with Crippen LogP contribution in [0, 0.1) is 5.82 Å². The van der Waals surface area contributed by atoms with Gasteiger partial charge < -0.3 is 11.2 Å². The molecule has 3 aromatic rings. The zero-order valence-electron chi connectivity index (χ0n) is 14.3. The maximum Gasteiger partial charge on any atom is 0.237 e. The van der Waals surface area contributed by atoms with Gasteiger partial charge in [-0.05, 0) is 43.3 Å². The van der Waals surface area contributed by atoms with E-state index in [0.717, 1.165) is 17.8 Å². The van der Waals surface area contributed by atoms with Gasteiger partial charge in [0.1, 0.15) is 5.82 Å². The molecule has 0 aliphatic carbocycles. The van der Waals surface area contributed by atoms with Crippen molar-refractivity contribution in [2.75, 3.05) is 11.2 Å². The predicted molar refractivity (Wildman–Crippen MR) is 111 cm³/mol. The number of thioether (sulfide) groups is 1. The van der Waals surface area contributed by atoms with Crippen LogP contribution in [0.4, 0.5) is 10.1 Å². The smallest absolute Gasteiger partial charge is 0.237 e. The van der Waals surface area contributed by atoms with E-state index in [9.17, 15) is 9.18 Å². The maximum atomic E-state index is 13.1. The number of aromatic nitrogens is 3. The van der Waals surface area contributed by atoms with E-state index in [1.807, 2.05) is 0 Å². The molecule has 0 saturated heterocycles. The SMILES string of the molecule is CC(Sc1nnc(-c2cc(Cl)ccc2Cl)n1N)C(=O)Nc1ccc(F)cc1Cl. The number of nitrogens with one attached hydrogen (secondary N) is 1. The van der Waals surface area contributed by atoms with E-state index in [-0.39, 0.29) is 10.9 Å². The van der Waals surface area contributed by atoms with E-state index >= 15 is 0 Å². The quantitative estimate of drug-likeness (QED) is 0.419. The molecule has 3 rings (SSSR count). The zero-order valence-corrected chi connectivity index (χ0v) is 17.4. The predicted octanol–water partition coefficient (Wildman–Crippen LogP) is 4.88. The van der Waals surface area contributed by atoms with Crippen molar-refractivity contribution in [2.24, 2.45) is 0 Å². The van der Waals surface area contributed by atoms with Gasteiger partial charge in [0.25, 0.3) is 0 Å². The molecule has 146 valence electrons. The Morgan fingerprint density at radius 2 is 1.93 bits per heavy atom. The van der Waals surface area contributed by atoms with Crippen molar-refractivity contribution in [1.82, 2.24) is 14.9 Å². The highest BCUT2D eigenvalue weighted by molar-refractivity contribution is 8.00. The molecule has 1 amide bonds. The molecule has 1 unspecified atom stereocenters. The standard InChI is InChI=1S/C17H13Cl3FN5OS/c1-8(16(27)23-14-5-3-10(21)7-13(14)20)28-17-25-24-15(26(17)22)11-6-9(18)2-4-12(11)19/h2-8H,22H2,1H3,(H,23,27). The Hall–Kier alpha value is -2.00. The van der Waals surface area contributed by atoms with Crippen molar-refractivity contribution in [3.63, 3.8) is 0 Å². The van der Waals surface area contributed by atoms with Crippen molar-refractivity contribution < 1.29 is 9.18 Å². The highest BCUT2D eigenvalue weighted by atomic mass is 35.5. The average Bonchev–Trinajstić information content (AvgIpc) is 2.99. The Morgan fingerprint density at radius 3 is 2.64 bits per heavy atom. The molecule has 11 heteroatoms. The normalized spacial score (nSPS) is 12.0. The van der Waals surface area contributed by atoms with Gasteiger partial charge in [0.05, 0.1) is 21.0 Å². The first kappa shape index (κ1) is 20.7. The van der Waals surface area contributed by atoms with Crippen LogP contribution in [0.5, 0.6) is 0 Å². The monoisotopic (exact) mass is 459 g/mol. The Balaban J connectivity index is 1.75. The largest absolute Gasteiger partial charge is 0.335 e. The summed E-state index contributed by atoms with van der Waals surface area (Å²) in [5.41, 5.74) is 0.826. The van der Waals surface area contributed by atoms with Crippen LogP contribution in [0.1, 0.15) is 6.92 Å². The third-order valence-electron chi connectivity index (χ3n) is 3.67. The topological polar surface area (TPSA) is 85.8 Å². The van der Waals surface area contributed by atoms with Crippen LogP contribution in [0.15, 0.2) is 41.6 Å². The van der Waals surface area contributed by atoms with Gasteiger partial charge in [-0.3, -0.25) is 4.79 Å². The molecule has 6 nitrogen and oxygen atoms in total. The van der Waals surface area contributed by atoms with Crippen LogP contribution in [0.3, 0.4) is 0 Å². The molecule has 0 aliphatic heterocycles. The van der Waals surface area contributed by atoms with Gasteiger partial charge in [0.15, 0.2) is 5.82 Å². The average molecular weight is 461 g/mol. The molecule has 1 aromatic heterocycles. The molecule has 1 heterocycles. The molecule has 0 bridgehead atoms. The van der Waals surface area contributed by atoms with E-state index in [0.29, 0.717) is 32.3 Å². The van der Waals surface area contributed by atoms with Crippen LogP contribution >= 0.6 is 46.6 Å². The molecule has 0 radical (unpaired) electrons. The van der Waals surface area contributed by atoms with Gasteiger partial charge in [-0.1, -0.05) is 46.6 Å². The summed E-state index contributed by atoms with van der Waals surface area (Å²) in [4.78, 5) is 12.4. The molecule has 1 atom stereocenters. The fourth-order valence-electron chi connectivity index (χ4n) is 2.25. The summed E-state index contributed by atoms with van der Waals surface area (Å²) in [6.45, 7) is 1.66. The molecule has 28 heavy (non-hydrogen) atoms. The van der Waals surface area contributed by atoms with Crippen molar-refractivity contribution in [1.29, 1.82) is 0 Å². The van der Waals surface area contributed by atoms with Gasteiger partial charge in [-0.15, -0.1) is 10.2 Å². The minimum atomic E-state index is -0.588. The summed E-state index contributed by atoms with van der Waals surface area (Å²) in [5.74, 6) is 5.53. The fourth-order valence-corrected chi connectivity index (χ4v) is 3.61. The maximum absolute atomic E-state index is 13.1. The number of amides is 1. The number of carbonyl (C=O) groups excluding carboxylic acids is 1. The second kappa shape index (κ2) is 8.57. The summed E-state index contributed by atoms with van der Waals surface area (Å²) in [6, 6.07) is 8.61. The third-order valence-corrected chi connectivity index (χ3v) is 5.61. The van der Waals surface area contributed by atoms with Crippen LogP contribution < -0.4 is 11.2 Å². The summed E-state index contributed by atoms with van der Waals surface area (Å²) in [6.07, 6.45) is 0. The summed E-state index contributed by atoms with van der Waals surface area (Å²) < 4.78 is 14.4. The number of benzene rings is 2. The summed E-state index contributed by atoms with van der Waals surface area (Å²) >= 11 is 19.2. The lowest BCUT2D eigenvalue weighted by atomic mass is 10.2. The van der Waals surface area contributed by atoms with Gasteiger partial charge in [-0.2, -0.15) is 0 Å². The molecular formula is C17H13Cl3FN5OS. The molecular weight excluding hydrogens is 448 g/mol. The molecule has 0 aliphatic rings. The summed E-state index contributed by atoms with van der Waals surface area (Å²) in [7, 11) is 0. The first-order valence-electron chi connectivity index (χ1n) is 7.84. The van der Waals surface area contributed by atoms with Crippen LogP contribution in [0.25, 0.3) is 11.4 Å². The van der Waals surface area contributed by atoms with E-state index in [4.69, 9.17) is 40.6 Å². The van der Waals surface area contributed by atoms with Gasteiger partial charge in [0.2, 0.25) is 11.1 Å². The number of hydrogen-bond acceptors (Lipinski definition) is 5. The Morgan fingerprint density at radius 1 is 1.18 bits per heavy atom. The number of nitrogens with zero attached hydrogens (tertiary/aromatic N) is 3. The van der Waals surface area contributed by atoms with E-state index in [2.05, 4.69) is 15.5 Å². The third kappa shape index (κ3) is 4.52. The number of rotatable bonds is 5. The lowest BCUT2D eigenvalue weighted by molar-refractivity contribution is -0.115. The number of hydrogen-bond donors (Lipinski definition) is 2. The minimum Gasteiger partial charge on any atom is -0.335 e. The highest BCUT2D eigenvalue weighted by Gasteiger charge is 2.21. The lowest BCUT2D eigenvalue weighted by Crippen LogP contribution is -2.23. The van der Waals surface area contributed by atoms with E-state index in [1.165, 1.54) is 16.8 Å². The first-order valence-corrected chi connectivity index (χ1v) is 9.86. The highest BCUT2D eigenvalue weighted by Crippen LogP contribution is 2.31. The number of anilines is 1. The number of nitrogens with two attached hydrogens (primary N) is 1. The molecule has 2 aromatic carbocycles. The van der Waals surface area contributed by atoms with Crippen molar-refractivity contribution >= 4 is 58.2 Å². The van der Waals surface area contributed by atoms with Crippen molar-refractivity contribution in [3.05, 3.63) is 57.3 Å². The van der Waals surface area contributed by atoms with Crippen LogP contribution in [-0.2, 0) is 4.79 Å². The zero-order chi connectivity index (χ0) is 20.4. The van der Waals surface area contributed by atoms with Gasteiger partial charge >= 0.3 is 0 Å².